The van der Waals surface area contributed by atoms with Crippen molar-refractivity contribution in [2.75, 3.05) is 0 Å². The molecule has 2 aromatic rings. The van der Waals surface area contributed by atoms with E-state index in [4.69, 9.17) is 22.2 Å². The van der Waals surface area contributed by atoms with Crippen LogP contribution in [-0.2, 0) is 10.8 Å². The van der Waals surface area contributed by atoms with Crippen LogP contribution in [0.15, 0.2) is 48.5 Å². The van der Waals surface area contributed by atoms with Crippen molar-refractivity contribution in [3.8, 4) is 0 Å². The fourth-order valence-electron chi connectivity index (χ4n) is 2.53. The molecule has 0 atom stereocenters. The summed E-state index contributed by atoms with van der Waals surface area (Å²) in [5, 5.41) is 2.08. The van der Waals surface area contributed by atoms with Gasteiger partial charge in [-0.2, -0.15) is 0 Å². The molecule has 0 saturated carbocycles. The SMILES string of the molecule is CC(C)(C)c1ccc([Si](Cl)(Cl)c2ccc(C(C)(C)C)cc2)cc1. The molecule has 0 unspecified atom stereocenters. The Morgan fingerprint density at radius 2 is 0.826 bits per heavy atom. The maximum atomic E-state index is 6.82. The molecule has 0 aliphatic carbocycles. The Morgan fingerprint density at radius 3 is 1.04 bits per heavy atom. The summed E-state index contributed by atoms with van der Waals surface area (Å²) in [6, 6.07) is 16.9. The average Bonchev–Trinajstić information content (AvgIpc) is 2.46. The van der Waals surface area contributed by atoms with Gasteiger partial charge in [0, 0.05) is 0 Å². The van der Waals surface area contributed by atoms with Crippen LogP contribution in [0.4, 0.5) is 0 Å². The molecule has 0 N–H and O–H groups in total. The highest BCUT2D eigenvalue weighted by Crippen LogP contribution is 2.24. The largest absolute Gasteiger partial charge is 0.310 e. The van der Waals surface area contributed by atoms with Crippen LogP contribution in [0.3, 0.4) is 0 Å². The molecule has 0 nitrogen and oxygen atoms in total. The Morgan fingerprint density at radius 1 is 0.565 bits per heavy atom. The molecule has 2 rings (SSSR count). The summed E-state index contributed by atoms with van der Waals surface area (Å²) in [5.41, 5.74) is 2.86. The average molecular weight is 365 g/mol. The molecule has 0 aliphatic rings. The zero-order valence-corrected chi connectivity index (χ0v) is 17.4. The lowest BCUT2D eigenvalue weighted by Gasteiger charge is -2.23. The third-order valence-electron chi connectivity index (χ3n) is 4.23. The number of rotatable bonds is 2. The molecule has 0 aliphatic heterocycles. The van der Waals surface area contributed by atoms with E-state index >= 15 is 0 Å². The lowest BCUT2D eigenvalue weighted by Crippen LogP contribution is -2.48. The van der Waals surface area contributed by atoms with Crippen molar-refractivity contribution in [1.29, 1.82) is 0 Å². The summed E-state index contributed by atoms with van der Waals surface area (Å²) in [5.74, 6) is 0. The summed E-state index contributed by atoms with van der Waals surface area (Å²) in [6.07, 6.45) is 0. The summed E-state index contributed by atoms with van der Waals surface area (Å²) >= 11 is 13.6. The van der Waals surface area contributed by atoms with Crippen LogP contribution in [-0.4, -0.2) is 6.69 Å². The van der Waals surface area contributed by atoms with Gasteiger partial charge in [0.15, 0.2) is 0 Å². The molecule has 0 bridgehead atoms. The fourth-order valence-corrected chi connectivity index (χ4v) is 5.54. The molecule has 3 heteroatoms. The minimum atomic E-state index is -2.68. The Hall–Kier alpha value is -0.763. The van der Waals surface area contributed by atoms with Crippen LogP contribution in [0.25, 0.3) is 0 Å². The number of hydrogen-bond donors (Lipinski definition) is 0. The Labute approximate surface area is 151 Å². The first kappa shape index (κ1) is 18.6. The second-order valence-electron chi connectivity index (χ2n) is 8.23. The van der Waals surface area contributed by atoms with Crippen LogP contribution >= 0.6 is 22.2 Å². The Bertz CT molecular complexity index is 597. The van der Waals surface area contributed by atoms with Crippen LogP contribution < -0.4 is 10.4 Å². The van der Waals surface area contributed by atoms with E-state index < -0.39 is 6.69 Å². The molecule has 124 valence electrons. The van der Waals surface area contributed by atoms with Gasteiger partial charge in [-0.05, 0) is 32.3 Å². The molecular formula is C20H26Cl2Si. The molecule has 0 spiro atoms. The highest BCUT2D eigenvalue weighted by atomic mass is 35.7. The Kier molecular flexibility index (Phi) is 5.07. The van der Waals surface area contributed by atoms with E-state index in [0.29, 0.717) is 0 Å². The first-order valence-electron chi connectivity index (χ1n) is 8.02. The normalized spacial score (nSPS) is 13.2. The van der Waals surface area contributed by atoms with Gasteiger partial charge in [0.25, 0.3) is 0 Å². The maximum Gasteiger partial charge on any atom is 0.310 e. The summed E-state index contributed by atoms with van der Waals surface area (Å²) < 4.78 is 0. The third kappa shape index (κ3) is 4.20. The summed E-state index contributed by atoms with van der Waals surface area (Å²) in [6.45, 7) is 10.6. The van der Waals surface area contributed by atoms with E-state index in [1.165, 1.54) is 11.1 Å². The molecule has 2 aromatic carbocycles. The number of benzene rings is 2. The monoisotopic (exact) mass is 364 g/mol. The summed E-state index contributed by atoms with van der Waals surface area (Å²) in [4.78, 5) is 0. The van der Waals surface area contributed by atoms with E-state index in [9.17, 15) is 0 Å². The van der Waals surface area contributed by atoms with E-state index in [0.717, 1.165) is 10.4 Å². The van der Waals surface area contributed by atoms with E-state index in [2.05, 4.69) is 90.1 Å². The van der Waals surface area contributed by atoms with Crippen molar-refractivity contribution >= 4 is 39.2 Å². The van der Waals surface area contributed by atoms with Gasteiger partial charge in [0.1, 0.15) is 0 Å². The fraction of sp³-hybridized carbons (Fsp3) is 0.400. The van der Waals surface area contributed by atoms with Crippen molar-refractivity contribution in [3.05, 3.63) is 59.7 Å². The highest BCUT2D eigenvalue weighted by molar-refractivity contribution is 7.56. The van der Waals surface area contributed by atoms with Crippen molar-refractivity contribution in [3.63, 3.8) is 0 Å². The van der Waals surface area contributed by atoms with Gasteiger partial charge in [0.2, 0.25) is 0 Å². The standard InChI is InChI=1S/C20H26Cl2Si/c1-19(2,3)15-7-11-17(12-8-15)23(21,22)18-13-9-16(10-14-18)20(4,5)6/h7-14H,1-6H3. The van der Waals surface area contributed by atoms with Gasteiger partial charge in [-0.1, -0.05) is 90.1 Å². The molecule has 0 heterocycles. The quantitative estimate of drug-likeness (QED) is 0.499. The van der Waals surface area contributed by atoms with Gasteiger partial charge < -0.3 is 0 Å². The van der Waals surface area contributed by atoms with Gasteiger partial charge >= 0.3 is 6.69 Å². The van der Waals surface area contributed by atoms with E-state index in [1.54, 1.807) is 0 Å². The van der Waals surface area contributed by atoms with Crippen LogP contribution in [0.2, 0.25) is 0 Å². The number of hydrogen-bond acceptors (Lipinski definition) is 0. The molecular weight excluding hydrogens is 339 g/mol. The third-order valence-corrected chi connectivity index (χ3v) is 8.96. The lowest BCUT2D eigenvalue weighted by atomic mass is 9.87. The van der Waals surface area contributed by atoms with Crippen LogP contribution in [0.5, 0.6) is 0 Å². The highest BCUT2D eigenvalue weighted by Gasteiger charge is 2.34. The minimum Gasteiger partial charge on any atom is -0.134 e. The van der Waals surface area contributed by atoms with Gasteiger partial charge in [0.05, 0.1) is 0 Å². The van der Waals surface area contributed by atoms with Gasteiger partial charge in [-0.15, -0.1) is 22.2 Å². The smallest absolute Gasteiger partial charge is 0.134 e. The predicted octanol–water partition coefficient (Wildman–Crippen LogP) is 5.32. The number of halogens is 2. The maximum absolute atomic E-state index is 6.82. The van der Waals surface area contributed by atoms with Gasteiger partial charge in [-0.25, -0.2) is 0 Å². The second kappa shape index (κ2) is 6.27. The van der Waals surface area contributed by atoms with Crippen molar-refractivity contribution < 1.29 is 0 Å². The predicted molar refractivity (Wildman–Crippen MR) is 107 cm³/mol. The van der Waals surface area contributed by atoms with Crippen molar-refractivity contribution in [2.24, 2.45) is 0 Å². The van der Waals surface area contributed by atoms with Crippen molar-refractivity contribution in [1.82, 2.24) is 0 Å². The van der Waals surface area contributed by atoms with Crippen LogP contribution in [0, 0.1) is 0 Å². The van der Waals surface area contributed by atoms with Gasteiger partial charge in [-0.3, -0.25) is 0 Å². The zero-order valence-electron chi connectivity index (χ0n) is 14.9. The van der Waals surface area contributed by atoms with E-state index in [1.807, 2.05) is 0 Å². The second-order valence-corrected chi connectivity index (χ2v) is 14.5. The van der Waals surface area contributed by atoms with E-state index in [-0.39, 0.29) is 10.8 Å². The first-order chi connectivity index (χ1) is 10.4. The Balaban J connectivity index is 2.34. The molecule has 0 saturated heterocycles. The minimum absolute atomic E-state index is 0.135. The molecule has 23 heavy (non-hydrogen) atoms. The van der Waals surface area contributed by atoms with Crippen LogP contribution in [0.1, 0.15) is 52.7 Å². The molecule has 0 amide bonds. The topological polar surface area (TPSA) is 0 Å². The molecule has 0 fully saturated rings. The van der Waals surface area contributed by atoms with Crippen molar-refractivity contribution in [2.45, 2.75) is 52.4 Å². The molecule has 0 radical (unpaired) electrons. The summed E-state index contributed by atoms with van der Waals surface area (Å²) in [7, 11) is 0. The first-order valence-corrected chi connectivity index (χ1v) is 12.0. The lowest BCUT2D eigenvalue weighted by molar-refractivity contribution is 0.590. The molecule has 0 aromatic heterocycles. The zero-order chi connectivity index (χ0) is 17.5.